The smallest absolute Gasteiger partial charge is 0.0754 e. The maximum absolute atomic E-state index is 5.91. The number of hydrogen-bond acceptors (Lipinski definition) is 2. The number of hydrogen-bond donors (Lipinski definition) is 1. The second-order valence-electron chi connectivity index (χ2n) is 4.46. The third-order valence-corrected chi connectivity index (χ3v) is 2.55. The SMILES string of the molecule is CCNCC(C)(C)OCc1cccc(Cl)c1. The molecule has 0 saturated heterocycles. The van der Waals surface area contributed by atoms with Gasteiger partial charge in [0.15, 0.2) is 0 Å². The molecule has 1 rings (SSSR count). The maximum atomic E-state index is 5.91. The summed E-state index contributed by atoms with van der Waals surface area (Å²) in [5, 5.41) is 4.04. The molecule has 0 aliphatic rings. The van der Waals surface area contributed by atoms with Crippen LogP contribution < -0.4 is 5.32 Å². The highest BCUT2D eigenvalue weighted by molar-refractivity contribution is 6.30. The number of rotatable bonds is 6. The Hall–Kier alpha value is -0.570. The number of likely N-dealkylation sites (N-methyl/N-ethyl adjacent to an activating group) is 1. The zero-order chi connectivity index (χ0) is 12.0. The molecular weight excluding hydrogens is 222 g/mol. The van der Waals surface area contributed by atoms with E-state index in [1.54, 1.807) is 0 Å². The average molecular weight is 242 g/mol. The van der Waals surface area contributed by atoms with Gasteiger partial charge in [0.05, 0.1) is 12.2 Å². The fourth-order valence-corrected chi connectivity index (χ4v) is 1.60. The van der Waals surface area contributed by atoms with E-state index in [9.17, 15) is 0 Å². The minimum Gasteiger partial charge on any atom is -0.370 e. The van der Waals surface area contributed by atoms with Crippen molar-refractivity contribution in [1.82, 2.24) is 5.32 Å². The van der Waals surface area contributed by atoms with Crippen molar-refractivity contribution >= 4 is 11.6 Å². The van der Waals surface area contributed by atoms with Crippen LogP contribution in [0.1, 0.15) is 26.3 Å². The summed E-state index contributed by atoms with van der Waals surface area (Å²) in [5.41, 5.74) is 0.954. The van der Waals surface area contributed by atoms with Crippen LogP contribution in [-0.2, 0) is 11.3 Å². The largest absolute Gasteiger partial charge is 0.370 e. The molecule has 1 aromatic rings. The Labute approximate surface area is 103 Å². The summed E-state index contributed by atoms with van der Waals surface area (Å²) in [4.78, 5) is 0. The summed E-state index contributed by atoms with van der Waals surface area (Å²) in [6.45, 7) is 8.67. The van der Waals surface area contributed by atoms with Crippen LogP contribution in [-0.4, -0.2) is 18.7 Å². The molecule has 0 bridgehead atoms. The van der Waals surface area contributed by atoms with E-state index in [1.165, 1.54) is 0 Å². The van der Waals surface area contributed by atoms with Crippen molar-refractivity contribution in [3.8, 4) is 0 Å². The molecule has 0 amide bonds. The van der Waals surface area contributed by atoms with E-state index in [0.717, 1.165) is 23.7 Å². The molecule has 0 aliphatic heterocycles. The Morgan fingerprint density at radius 2 is 2.12 bits per heavy atom. The zero-order valence-electron chi connectivity index (χ0n) is 10.2. The van der Waals surface area contributed by atoms with Gasteiger partial charge in [-0.2, -0.15) is 0 Å². The minimum absolute atomic E-state index is 0.154. The molecule has 0 radical (unpaired) electrons. The summed E-state index contributed by atoms with van der Waals surface area (Å²) < 4.78 is 5.85. The van der Waals surface area contributed by atoms with Gasteiger partial charge in [0, 0.05) is 11.6 Å². The fraction of sp³-hybridized carbons (Fsp3) is 0.538. The third kappa shape index (κ3) is 4.97. The summed E-state index contributed by atoms with van der Waals surface area (Å²) >= 11 is 5.91. The Balaban J connectivity index is 2.44. The van der Waals surface area contributed by atoms with Crippen LogP contribution in [0.3, 0.4) is 0 Å². The van der Waals surface area contributed by atoms with E-state index in [2.05, 4.69) is 26.1 Å². The standard InChI is InChI=1S/C13H20ClNO/c1-4-15-10-13(2,3)16-9-11-6-5-7-12(14)8-11/h5-8,15H,4,9-10H2,1-3H3. The van der Waals surface area contributed by atoms with Gasteiger partial charge in [-0.05, 0) is 38.1 Å². The van der Waals surface area contributed by atoms with Crippen molar-refractivity contribution < 1.29 is 4.74 Å². The van der Waals surface area contributed by atoms with Crippen molar-refractivity contribution in [3.63, 3.8) is 0 Å². The molecule has 0 aromatic heterocycles. The van der Waals surface area contributed by atoms with Crippen LogP contribution in [0.15, 0.2) is 24.3 Å². The number of halogens is 1. The molecule has 1 aromatic carbocycles. The maximum Gasteiger partial charge on any atom is 0.0754 e. The van der Waals surface area contributed by atoms with Crippen molar-refractivity contribution in [2.24, 2.45) is 0 Å². The van der Waals surface area contributed by atoms with E-state index in [0.29, 0.717) is 6.61 Å². The zero-order valence-corrected chi connectivity index (χ0v) is 11.0. The summed E-state index contributed by atoms with van der Waals surface area (Å²) in [6.07, 6.45) is 0. The molecule has 16 heavy (non-hydrogen) atoms. The Morgan fingerprint density at radius 3 is 2.75 bits per heavy atom. The van der Waals surface area contributed by atoms with Crippen LogP contribution >= 0.6 is 11.6 Å². The lowest BCUT2D eigenvalue weighted by molar-refractivity contribution is -0.0275. The lowest BCUT2D eigenvalue weighted by Gasteiger charge is -2.25. The highest BCUT2D eigenvalue weighted by Gasteiger charge is 2.17. The van der Waals surface area contributed by atoms with Crippen molar-refractivity contribution in [2.45, 2.75) is 33.0 Å². The first-order chi connectivity index (χ1) is 7.53. The minimum atomic E-state index is -0.154. The second-order valence-corrected chi connectivity index (χ2v) is 4.90. The number of benzene rings is 1. The molecule has 0 unspecified atom stereocenters. The van der Waals surface area contributed by atoms with Gasteiger partial charge in [0.2, 0.25) is 0 Å². The van der Waals surface area contributed by atoms with Gasteiger partial charge in [-0.1, -0.05) is 30.7 Å². The van der Waals surface area contributed by atoms with Gasteiger partial charge >= 0.3 is 0 Å². The van der Waals surface area contributed by atoms with Gasteiger partial charge in [-0.3, -0.25) is 0 Å². The van der Waals surface area contributed by atoms with Gasteiger partial charge in [-0.15, -0.1) is 0 Å². The summed E-state index contributed by atoms with van der Waals surface area (Å²) in [7, 11) is 0. The van der Waals surface area contributed by atoms with E-state index in [4.69, 9.17) is 16.3 Å². The highest BCUT2D eigenvalue weighted by atomic mass is 35.5. The third-order valence-electron chi connectivity index (χ3n) is 2.32. The van der Waals surface area contributed by atoms with Crippen molar-refractivity contribution in [3.05, 3.63) is 34.9 Å². The van der Waals surface area contributed by atoms with Gasteiger partial charge in [0.25, 0.3) is 0 Å². The van der Waals surface area contributed by atoms with E-state index in [1.807, 2.05) is 24.3 Å². The van der Waals surface area contributed by atoms with Gasteiger partial charge < -0.3 is 10.1 Å². The first-order valence-corrected chi connectivity index (χ1v) is 6.00. The lowest BCUT2D eigenvalue weighted by Crippen LogP contribution is -2.37. The topological polar surface area (TPSA) is 21.3 Å². The molecular formula is C13H20ClNO. The van der Waals surface area contributed by atoms with Crippen LogP contribution in [0.25, 0.3) is 0 Å². The average Bonchev–Trinajstić information content (AvgIpc) is 2.24. The lowest BCUT2D eigenvalue weighted by atomic mass is 10.1. The van der Waals surface area contributed by atoms with E-state index < -0.39 is 0 Å². The Kier molecular flexibility index (Phi) is 5.26. The molecule has 1 N–H and O–H groups in total. The molecule has 0 heterocycles. The Bertz CT molecular complexity index is 325. The molecule has 0 fully saturated rings. The molecule has 2 nitrogen and oxygen atoms in total. The van der Waals surface area contributed by atoms with Crippen LogP contribution in [0.2, 0.25) is 5.02 Å². The molecule has 0 spiro atoms. The van der Waals surface area contributed by atoms with E-state index in [-0.39, 0.29) is 5.60 Å². The van der Waals surface area contributed by atoms with Gasteiger partial charge in [-0.25, -0.2) is 0 Å². The molecule has 0 atom stereocenters. The van der Waals surface area contributed by atoms with Crippen LogP contribution in [0.5, 0.6) is 0 Å². The quantitative estimate of drug-likeness (QED) is 0.826. The number of nitrogens with one attached hydrogen (secondary N) is 1. The second kappa shape index (κ2) is 6.24. The van der Waals surface area contributed by atoms with Gasteiger partial charge in [0.1, 0.15) is 0 Å². The normalized spacial score (nSPS) is 11.8. The van der Waals surface area contributed by atoms with Crippen molar-refractivity contribution in [2.75, 3.05) is 13.1 Å². The van der Waals surface area contributed by atoms with Crippen LogP contribution in [0, 0.1) is 0 Å². The summed E-state index contributed by atoms with van der Waals surface area (Å²) in [6, 6.07) is 7.77. The summed E-state index contributed by atoms with van der Waals surface area (Å²) in [5.74, 6) is 0. The molecule has 3 heteroatoms. The molecule has 90 valence electrons. The number of ether oxygens (including phenoxy) is 1. The first-order valence-electron chi connectivity index (χ1n) is 5.62. The highest BCUT2D eigenvalue weighted by Crippen LogP contribution is 2.15. The fourth-order valence-electron chi connectivity index (χ4n) is 1.38. The molecule has 0 saturated carbocycles. The predicted molar refractivity (Wildman–Crippen MR) is 68.9 cm³/mol. The predicted octanol–water partition coefficient (Wildman–Crippen LogP) is 3.24. The van der Waals surface area contributed by atoms with E-state index >= 15 is 0 Å². The van der Waals surface area contributed by atoms with Crippen molar-refractivity contribution in [1.29, 1.82) is 0 Å². The first kappa shape index (κ1) is 13.5. The molecule has 0 aliphatic carbocycles. The monoisotopic (exact) mass is 241 g/mol. The Morgan fingerprint density at radius 1 is 1.38 bits per heavy atom. The van der Waals surface area contributed by atoms with Crippen LogP contribution in [0.4, 0.5) is 0 Å².